The first-order chi connectivity index (χ1) is 9.42. The Labute approximate surface area is 124 Å². The normalized spacial score (nSPS) is 18.8. The van der Waals surface area contributed by atoms with Gasteiger partial charge in [-0.2, -0.15) is 0 Å². The Kier molecular flexibility index (Phi) is 4.68. The van der Waals surface area contributed by atoms with E-state index in [-0.39, 0.29) is 5.91 Å². The molecule has 0 unspecified atom stereocenters. The van der Waals surface area contributed by atoms with Crippen molar-refractivity contribution in [3.8, 4) is 0 Å². The molecular weight excluding hydrogens is 276 g/mol. The van der Waals surface area contributed by atoms with E-state index in [2.05, 4.69) is 10.2 Å². The molecule has 110 valence electrons. The summed E-state index contributed by atoms with van der Waals surface area (Å²) in [5.74, 6) is -0.287. The average Bonchev–Trinajstić information content (AvgIpc) is 2.43. The van der Waals surface area contributed by atoms with E-state index in [1.807, 2.05) is 32.2 Å². The van der Waals surface area contributed by atoms with E-state index in [9.17, 15) is 9.90 Å². The molecule has 0 bridgehead atoms. The van der Waals surface area contributed by atoms with E-state index < -0.39 is 5.60 Å². The molecule has 4 nitrogen and oxygen atoms in total. The molecule has 0 saturated carbocycles. The van der Waals surface area contributed by atoms with Gasteiger partial charge in [0, 0.05) is 24.7 Å². The monoisotopic (exact) mass is 296 g/mol. The number of carbonyl (C=O) groups excluding carboxylic acids is 1. The summed E-state index contributed by atoms with van der Waals surface area (Å²) in [6, 6.07) is 5.62. The molecule has 1 aliphatic rings. The largest absolute Gasteiger partial charge is 0.380 e. The van der Waals surface area contributed by atoms with Crippen molar-refractivity contribution in [1.29, 1.82) is 0 Å². The highest BCUT2D eigenvalue weighted by atomic mass is 35.5. The van der Waals surface area contributed by atoms with Crippen LogP contribution >= 0.6 is 11.6 Å². The number of likely N-dealkylation sites (tertiary alicyclic amines) is 1. The molecule has 1 fully saturated rings. The Morgan fingerprint density at radius 2 is 2.10 bits per heavy atom. The summed E-state index contributed by atoms with van der Waals surface area (Å²) in [7, 11) is 1.99. The van der Waals surface area contributed by atoms with Crippen molar-refractivity contribution in [2.24, 2.45) is 0 Å². The summed E-state index contributed by atoms with van der Waals surface area (Å²) in [5.41, 5.74) is 0.700. The maximum atomic E-state index is 12.2. The maximum Gasteiger partial charge on any atom is 0.252 e. The van der Waals surface area contributed by atoms with Gasteiger partial charge in [-0.15, -0.1) is 0 Å². The fourth-order valence-corrected chi connectivity index (χ4v) is 2.59. The number of nitrogens with zero attached hydrogens (tertiary/aromatic N) is 1. The topological polar surface area (TPSA) is 52.6 Å². The van der Waals surface area contributed by atoms with Gasteiger partial charge in [0.1, 0.15) is 5.60 Å². The predicted molar refractivity (Wildman–Crippen MR) is 79.7 cm³/mol. The Morgan fingerprint density at radius 3 is 2.75 bits per heavy atom. The molecule has 2 N–H and O–H groups in total. The minimum Gasteiger partial charge on any atom is -0.380 e. The van der Waals surface area contributed by atoms with Crippen molar-refractivity contribution in [1.82, 2.24) is 10.2 Å². The van der Waals surface area contributed by atoms with Gasteiger partial charge in [-0.1, -0.05) is 23.7 Å². The number of benzene rings is 1. The molecule has 0 atom stereocenters. The molecule has 0 radical (unpaired) electrons. The fraction of sp³-hybridized carbons (Fsp3) is 0.533. The van der Waals surface area contributed by atoms with E-state index in [0.717, 1.165) is 24.2 Å². The molecule has 0 aliphatic carbocycles. The van der Waals surface area contributed by atoms with Crippen LogP contribution in [0.3, 0.4) is 0 Å². The van der Waals surface area contributed by atoms with Gasteiger partial charge in [0.2, 0.25) is 0 Å². The van der Waals surface area contributed by atoms with Crippen LogP contribution in [0.1, 0.15) is 24.0 Å². The Balaban J connectivity index is 1.97. The third-order valence-electron chi connectivity index (χ3n) is 4.06. The van der Waals surface area contributed by atoms with Gasteiger partial charge >= 0.3 is 0 Å². The molecule has 1 aromatic rings. The van der Waals surface area contributed by atoms with E-state index in [4.69, 9.17) is 11.6 Å². The number of hydrogen-bond donors (Lipinski definition) is 2. The van der Waals surface area contributed by atoms with Crippen LogP contribution in [0.4, 0.5) is 0 Å². The molecule has 2 rings (SSSR count). The first-order valence-electron chi connectivity index (χ1n) is 6.85. The van der Waals surface area contributed by atoms with Crippen LogP contribution < -0.4 is 5.32 Å². The third-order valence-corrected chi connectivity index (χ3v) is 4.47. The zero-order chi connectivity index (χ0) is 14.8. The second-order valence-electron chi connectivity index (χ2n) is 5.54. The van der Waals surface area contributed by atoms with Gasteiger partial charge in [-0.05, 0) is 44.0 Å². The molecule has 1 saturated heterocycles. The lowest BCUT2D eigenvalue weighted by atomic mass is 9.90. The highest BCUT2D eigenvalue weighted by Crippen LogP contribution is 2.22. The number of halogens is 1. The second kappa shape index (κ2) is 6.12. The number of piperidine rings is 1. The highest BCUT2D eigenvalue weighted by molar-refractivity contribution is 6.31. The van der Waals surface area contributed by atoms with Crippen LogP contribution in [-0.4, -0.2) is 41.7 Å². The first-order valence-corrected chi connectivity index (χ1v) is 7.23. The number of amides is 1. The van der Waals surface area contributed by atoms with Gasteiger partial charge in [0.05, 0.1) is 0 Å². The molecule has 1 aliphatic heterocycles. The van der Waals surface area contributed by atoms with Crippen LogP contribution in [0.5, 0.6) is 0 Å². The van der Waals surface area contributed by atoms with Crippen molar-refractivity contribution in [2.45, 2.75) is 31.9 Å². The highest BCUT2D eigenvalue weighted by Gasteiger charge is 2.38. The lowest BCUT2D eigenvalue weighted by Gasteiger charge is -2.35. The Hall–Kier alpha value is -1.10. The van der Waals surface area contributed by atoms with E-state index in [1.165, 1.54) is 0 Å². The fourth-order valence-electron chi connectivity index (χ4n) is 2.40. The number of nitrogens with one attached hydrogen (secondary N) is 1. The summed E-state index contributed by atoms with van der Waals surface area (Å²) in [4.78, 5) is 14.3. The molecule has 20 heavy (non-hydrogen) atoms. The van der Waals surface area contributed by atoms with Gasteiger partial charge in [0.25, 0.3) is 5.91 Å². The Bertz CT molecular complexity index is 497. The summed E-state index contributed by atoms with van der Waals surface area (Å²) in [5, 5.41) is 13.9. The van der Waals surface area contributed by atoms with Crippen molar-refractivity contribution in [3.05, 3.63) is 34.3 Å². The van der Waals surface area contributed by atoms with E-state index in [0.29, 0.717) is 24.4 Å². The quantitative estimate of drug-likeness (QED) is 0.893. The van der Waals surface area contributed by atoms with Crippen LogP contribution in [0.15, 0.2) is 18.2 Å². The molecule has 5 heteroatoms. The van der Waals surface area contributed by atoms with Crippen LogP contribution in [0, 0.1) is 6.92 Å². The number of aliphatic hydroxyl groups is 1. The van der Waals surface area contributed by atoms with Crippen molar-refractivity contribution in [3.63, 3.8) is 0 Å². The van der Waals surface area contributed by atoms with E-state index in [1.54, 1.807) is 0 Å². The lowest BCUT2D eigenvalue weighted by Crippen LogP contribution is -2.52. The third kappa shape index (κ3) is 3.32. The van der Waals surface area contributed by atoms with Crippen LogP contribution in [0.2, 0.25) is 5.02 Å². The lowest BCUT2D eigenvalue weighted by molar-refractivity contribution is -0.144. The average molecular weight is 297 g/mol. The minimum absolute atomic E-state index is 0.287. The predicted octanol–water partition coefficient (Wildman–Crippen LogP) is 1.72. The van der Waals surface area contributed by atoms with E-state index >= 15 is 0 Å². The first kappa shape index (κ1) is 15.3. The zero-order valence-electron chi connectivity index (χ0n) is 11.9. The standard InChI is InChI=1S/C15H21ClN2O2/c1-11-12(4-3-5-13(11)16)10-17-14(19)15(20)6-8-18(2)9-7-15/h3-5,20H,6-10H2,1-2H3,(H,17,19). The zero-order valence-corrected chi connectivity index (χ0v) is 12.7. The summed E-state index contributed by atoms with van der Waals surface area (Å²) < 4.78 is 0. The summed E-state index contributed by atoms with van der Waals surface area (Å²) in [6.07, 6.45) is 0.952. The van der Waals surface area contributed by atoms with Gasteiger partial charge in [0.15, 0.2) is 0 Å². The molecule has 1 amide bonds. The second-order valence-corrected chi connectivity index (χ2v) is 5.95. The van der Waals surface area contributed by atoms with Gasteiger partial charge in [-0.25, -0.2) is 0 Å². The molecule has 0 aromatic heterocycles. The van der Waals surface area contributed by atoms with Crippen molar-refractivity contribution >= 4 is 17.5 Å². The van der Waals surface area contributed by atoms with Crippen molar-refractivity contribution in [2.75, 3.05) is 20.1 Å². The minimum atomic E-state index is -1.24. The van der Waals surface area contributed by atoms with Gasteiger partial charge in [-0.3, -0.25) is 4.79 Å². The molecule has 0 spiro atoms. The summed E-state index contributed by atoms with van der Waals surface area (Å²) >= 11 is 6.05. The van der Waals surface area contributed by atoms with Crippen LogP contribution in [-0.2, 0) is 11.3 Å². The number of carbonyl (C=O) groups is 1. The molecule has 1 aromatic carbocycles. The molecular formula is C15H21ClN2O2. The Morgan fingerprint density at radius 1 is 1.45 bits per heavy atom. The maximum absolute atomic E-state index is 12.2. The summed E-state index contributed by atoms with van der Waals surface area (Å²) in [6.45, 7) is 3.79. The van der Waals surface area contributed by atoms with Crippen LogP contribution in [0.25, 0.3) is 0 Å². The SMILES string of the molecule is Cc1c(Cl)cccc1CNC(=O)C1(O)CCN(C)CC1. The smallest absolute Gasteiger partial charge is 0.252 e. The number of hydrogen-bond acceptors (Lipinski definition) is 3. The van der Waals surface area contributed by atoms with Gasteiger partial charge < -0.3 is 15.3 Å². The molecule has 1 heterocycles. The van der Waals surface area contributed by atoms with Crippen molar-refractivity contribution < 1.29 is 9.90 Å². The number of rotatable bonds is 3.